The standard InChI is InChI=1S/C24H19O2/c1-25-21-14-12-19(13-15-21)24-17-20-9-5-6-10-22(20)23(26-24)16-11-18-7-3-2-4-8-18/h2-17H,1H3/q+1/b16-11+. The van der Waals surface area contributed by atoms with Gasteiger partial charge in [0.2, 0.25) is 0 Å². The van der Waals surface area contributed by atoms with E-state index in [1.165, 1.54) is 0 Å². The Morgan fingerprint density at radius 1 is 0.769 bits per heavy atom. The first-order valence-electron chi connectivity index (χ1n) is 8.57. The fourth-order valence-electron chi connectivity index (χ4n) is 2.95. The van der Waals surface area contributed by atoms with Crippen LogP contribution in [0.15, 0.2) is 89.3 Å². The quantitative estimate of drug-likeness (QED) is 0.392. The molecule has 4 rings (SSSR count). The van der Waals surface area contributed by atoms with Crippen LogP contribution in [0, 0.1) is 0 Å². The molecule has 0 bridgehead atoms. The molecule has 0 amide bonds. The second kappa shape index (κ2) is 7.24. The second-order valence-corrected chi connectivity index (χ2v) is 6.03. The molecule has 3 aromatic carbocycles. The Bertz CT molecular complexity index is 1050. The number of fused-ring (bicyclic) bond motifs is 1. The van der Waals surface area contributed by atoms with Crippen molar-refractivity contribution in [3.05, 3.63) is 96.3 Å². The zero-order valence-corrected chi connectivity index (χ0v) is 14.6. The molecule has 2 nitrogen and oxygen atoms in total. The van der Waals surface area contributed by atoms with Gasteiger partial charge in [-0.05, 0) is 42.0 Å². The van der Waals surface area contributed by atoms with E-state index in [2.05, 4.69) is 36.4 Å². The second-order valence-electron chi connectivity index (χ2n) is 6.03. The van der Waals surface area contributed by atoms with E-state index in [0.717, 1.165) is 39.2 Å². The van der Waals surface area contributed by atoms with E-state index >= 15 is 0 Å². The van der Waals surface area contributed by atoms with Crippen molar-refractivity contribution in [1.29, 1.82) is 0 Å². The first kappa shape index (κ1) is 16.1. The fraction of sp³-hybridized carbons (Fsp3) is 0.0417. The molecule has 4 aromatic rings. The first-order valence-corrected chi connectivity index (χ1v) is 8.57. The molecule has 0 aliphatic rings. The molecule has 1 heterocycles. The average molecular weight is 339 g/mol. The summed E-state index contributed by atoms with van der Waals surface area (Å²) >= 11 is 0. The highest BCUT2D eigenvalue weighted by Crippen LogP contribution is 2.30. The van der Waals surface area contributed by atoms with Crippen molar-refractivity contribution in [3.63, 3.8) is 0 Å². The summed E-state index contributed by atoms with van der Waals surface area (Å²) in [5.41, 5.74) is 2.16. The molecule has 2 heteroatoms. The van der Waals surface area contributed by atoms with Gasteiger partial charge < -0.3 is 4.74 Å². The maximum absolute atomic E-state index is 6.24. The van der Waals surface area contributed by atoms with Crippen LogP contribution in [0.3, 0.4) is 0 Å². The number of hydrogen-bond donors (Lipinski definition) is 0. The van der Waals surface area contributed by atoms with Gasteiger partial charge in [-0.3, -0.25) is 0 Å². The summed E-state index contributed by atoms with van der Waals surface area (Å²) < 4.78 is 11.5. The summed E-state index contributed by atoms with van der Waals surface area (Å²) in [6, 6.07) is 28.5. The summed E-state index contributed by atoms with van der Waals surface area (Å²) in [6.07, 6.45) is 4.10. The Labute approximate surface area is 153 Å². The Morgan fingerprint density at radius 2 is 1.50 bits per heavy atom. The Balaban J connectivity index is 1.81. The van der Waals surface area contributed by atoms with Gasteiger partial charge in [0.25, 0.3) is 0 Å². The van der Waals surface area contributed by atoms with E-state index < -0.39 is 0 Å². The van der Waals surface area contributed by atoms with Crippen LogP contribution >= 0.6 is 0 Å². The van der Waals surface area contributed by atoms with Crippen molar-refractivity contribution in [2.45, 2.75) is 0 Å². The van der Waals surface area contributed by atoms with Crippen LogP contribution in [0.5, 0.6) is 5.75 Å². The van der Waals surface area contributed by atoms with E-state index in [4.69, 9.17) is 9.15 Å². The lowest BCUT2D eigenvalue weighted by Gasteiger charge is -2.00. The summed E-state index contributed by atoms with van der Waals surface area (Å²) in [5.74, 6) is 2.51. The van der Waals surface area contributed by atoms with Crippen molar-refractivity contribution >= 4 is 22.9 Å². The van der Waals surface area contributed by atoms with Crippen LogP contribution in [0.1, 0.15) is 11.3 Å². The lowest BCUT2D eigenvalue weighted by Crippen LogP contribution is -1.85. The summed E-state index contributed by atoms with van der Waals surface area (Å²) in [4.78, 5) is 0. The molecule has 0 aliphatic carbocycles. The molecule has 126 valence electrons. The third kappa shape index (κ3) is 3.35. The summed E-state index contributed by atoms with van der Waals surface area (Å²) in [5, 5.41) is 2.24. The molecular formula is C24H19O2+. The van der Waals surface area contributed by atoms with E-state index in [0.29, 0.717) is 0 Å². The number of ether oxygens (including phenoxy) is 1. The Morgan fingerprint density at radius 3 is 2.27 bits per heavy atom. The number of hydrogen-bond acceptors (Lipinski definition) is 1. The van der Waals surface area contributed by atoms with Crippen LogP contribution in [-0.2, 0) is 0 Å². The predicted molar refractivity (Wildman–Crippen MR) is 108 cm³/mol. The van der Waals surface area contributed by atoms with E-state index in [-0.39, 0.29) is 0 Å². The van der Waals surface area contributed by atoms with Crippen molar-refractivity contribution in [2.24, 2.45) is 0 Å². The van der Waals surface area contributed by atoms with Crippen LogP contribution in [0.4, 0.5) is 0 Å². The average Bonchev–Trinajstić information content (AvgIpc) is 2.72. The lowest BCUT2D eigenvalue weighted by molar-refractivity contribution is 0.415. The van der Waals surface area contributed by atoms with Gasteiger partial charge in [-0.1, -0.05) is 48.5 Å². The highest BCUT2D eigenvalue weighted by molar-refractivity contribution is 5.92. The van der Waals surface area contributed by atoms with Crippen LogP contribution in [-0.4, -0.2) is 7.11 Å². The predicted octanol–water partition coefficient (Wildman–Crippen LogP) is 6.56. The molecule has 0 aliphatic heterocycles. The molecule has 0 N–H and O–H groups in total. The van der Waals surface area contributed by atoms with Crippen molar-refractivity contribution in [3.8, 4) is 17.1 Å². The highest BCUT2D eigenvalue weighted by atomic mass is 16.5. The highest BCUT2D eigenvalue weighted by Gasteiger charge is 2.18. The van der Waals surface area contributed by atoms with E-state index in [1.807, 2.05) is 60.7 Å². The molecule has 0 saturated heterocycles. The summed E-state index contributed by atoms with van der Waals surface area (Å²) in [7, 11) is 1.67. The Hall–Kier alpha value is -3.39. The molecule has 1 aromatic heterocycles. The summed E-state index contributed by atoms with van der Waals surface area (Å²) in [6.45, 7) is 0. The van der Waals surface area contributed by atoms with Crippen LogP contribution in [0.2, 0.25) is 0 Å². The van der Waals surface area contributed by atoms with Gasteiger partial charge in [-0.2, -0.15) is 0 Å². The minimum atomic E-state index is 0.832. The number of rotatable bonds is 4. The SMILES string of the molecule is COc1ccc(-c2cc3ccccc3c(/C=C/c3ccccc3)[o+]2)cc1. The van der Waals surface area contributed by atoms with Crippen molar-refractivity contribution in [1.82, 2.24) is 0 Å². The van der Waals surface area contributed by atoms with E-state index in [1.54, 1.807) is 7.11 Å². The number of methoxy groups -OCH3 is 1. The van der Waals surface area contributed by atoms with Gasteiger partial charge in [0.1, 0.15) is 5.75 Å². The molecule has 0 spiro atoms. The van der Waals surface area contributed by atoms with Gasteiger partial charge in [0, 0.05) is 11.5 Å². The third-order valence-corrected chi connectivity index (χ3v) is 4.33. The molecular weight excluding hydrogens is 320 g/mol. The normalized spacial score (nSPS) is 11.1. The van der Waals surface area contributed by atoms with Crippen molar-refractivity contribution in [2.75, 3.05) is 7.11 Å². The van der Waals surface area contributed by atoms with Gasteiger partial charge in [-0.15, -0.1) is 0 Å². The molecule has 0 saturated carbocycles. The monoisotopic (exact) mass is 339 g/mol. The fourth-order valence-corrected chi connectivity index (χ4v) is 2.95. The molecule has 0 atom stereocenters. The van der Waals surface area contributed by atoms with Gasteiger partial charge >= 0.3 is 11.5 Å². The lowest BCUT2D eigenvalue weighted by atomic mass is 10.1. The van der Waals surface area contributed by atoms with Gasteiger partial charge in [0.05, 0.1) is 24.1 Å². The minimum absolute atomic E-state index is 0.832. The first-order chi connectivity index (χ1) is 12.8. The topological polar surface area (TPSA) is 20.5 Å². The maximum Gasteiger partial charge on any atom is 0.361 e. The van der Waals surface area contributed by atoms with E-state index in [9.17, 15) is 0 Å². The zero-order valence-electron chi connectivity index (χ0n) is 14.6. The largest absolute Gasteiger partial charge is 0.497 e. The molecule has 0 fully saturated rings. The van der Waals surface area contributed by atoms with Crippen molar-refractivity contribution < 1.29 is 9.15 Å². The molecule has 26 heavy (non-hydrogen) atoms. The van der Waals surface area contributed by atoms with Crippen LogP contribution < -0.4 is 4.74 Å². The number of benzene rings is 3. The maximum atomic E-state index is 6.24. The smallest absolute Gasteiger partial charge is 0.361 e. The Kier molecular flexibility index (Phi) is 4.48. The van der Waals surface area contributed by atoms with Gasteiger partial charge in [-0.25, -0.2) is 4.42 Å². The zero-order chi connectivity index (χ0) is 17.8. The molecule has 0 radical (unpaired) electrons. The van der Waals surface area contributed by atoms with Crippen LogP contribution in [0.25, 0.3) is 34.2 Å². The van der Waals surface area contributed by atoms with Gasteiger partial charge in [0.15, 0.2) is 0 Å². The minimum Gasteiger partial charge on any atom is -0.497 e. The molecule has 0 unspecified atom stereocenters. The third-order valence-electron chi connectivity index (χ3n) is 4.33.